The highest BCUT2D eigenvalue weighted by molar-refractivity contribution is 7.13. The minimum absolute atomic E-state index is 0.0629. The van der Waals surface area contributed by atoms with E-state index in [0.717, 1.165) is 21.7 Å². The van der Waals surface area contributed by atoms with Crippen molar-refractivity contribution in [1.82, 2.24) is 15.2 Å². The normalized spacial score (nSPS) is 20.8. The van der Waals surface area contributed by atoms with Crippen LogP contribution < -0.4 is 11.1 Å². The Morgan fingerprint density at radius 1 is 1.31 bits per heavy atom. The monoisotopic (exact) mass is 460 g/mol. The van der Waals surface area contributed by atoms with Crippen molar-refractivity contribution in [3.8, 4) is 10.4 Å². The Kier molecular flexibility index (Phi) is 7.34. The number of aliphatic hydroxyl groups is 2. The van der Waals surface area contributed by atoms with Crippen molar-refractivity contribution >= 4 is 23.2 Å². The molecule has 1 saturated heterocycles. The minimum atomic E-state index is -0.834. The van der Waals surface area contributed by atoms with E-state index < -0.39 is 35.6 Å². The third-order valence-corrected chi connectivity index (χ3v) is 6.86. The smallest absolute Gasteiger partial charge is 0.243 e. The van der Waals surface area contributed by atoms with E-state index in [4.69, 9.17) is 5.73 Å². The number of β-amino-alcohol motifs (C(OH)–C–C–N with tert-alkyl or cyclic N) is 1. The van der Waals surface area contributed by atoms with E-state index in [1.807, 2.05) is 52.0 Å². The fourth-order valence-corrected chi connectivity index (χ4v) is 4.61. The first kappa shape index (κ1) is 24.3. The second kappa shape index (κ2) is 9.66. The predicted octanol–water partition coefficient (Wildman–Crippen LogP) is 1.60. The molecule has 0 radical (unpaired) electrons. The molecule has 0 spiro atoms. The van der Waals surface area contributed by atoms with Crippen molar-refractivity contribution in [3.63, 3.8) is 0 Å². The average molecular weight is 461 g/mol. The standard InChI is InChI=1S/C23H32N4O4S/c1-13-19(32-12-25-13)15-7-5-14(6-8-15)17(11-28)26-21(30)18-9-16(29)10-27(18)22(31)20(24)23(2,3)4/h5-8,12,16-18,20,28-29H,9-11,24H2,1-4H3,(H,26,30)/t16-,17+,18-,20-/m1/s1. The summed E-state index contributed by atoms with van der Waals surface area (Å²) in [4.78, 5) is 32.7. The van der Waals surface area contributed by atoms with Gasteiger partial charge in [0.25, 0.3) is 0 Å². The Balaban J connectivity index is 1.73. The van der Waals surface area contributed by atoms with Crippen molar-refractivity contribution in [2.45, 2.75) is 58.3 Å². The molecule has 0 unspecified atom stereocenters. The summed E-state index contributed by atoms with van der Waals surface area (Å²) in [5, 5.41) is 22.9. The molecular weight excluding hydrogens is 428 g/mol. The number of nitrogens with two attached hydrogens (primary N) is 1. The second-order valence-electron chi connectivity index (χ2n) is 9.37. The second-order valence-corrected chi connectivity index (χ2v) is 10.2. The van der Waals surface area contributed by atoms with Gasteiger partial charge in [-0.25, -0.2) is 4.98 Å². The third kappa shape index (κ3) is 5.17. The van der Waals surface area contributed by atoms with Gasteiger partial charge in [0.15, 0.2) is 0 Å². The van der Waals surface area contributed by atoms with Crippen molar-refractivity contribution in [3.05, 3.63) is 41.0 Å². The number of aliphatic hydroxyl groups excluding tert-OH is 2. The van der Waals surface area contributed by atoms with Crippen LogP contribution in [0, 0.1) is 12.3 Å². The Morgan fingerprint density at radius 2 is 1.97 bits per heavy atom. The lowest BCUT2D eigenvalue weighted by molar-refractivity contribution is -0.141. The van der Waals surface area contributed by atoms with Crippen LogP contribution in [0.25, 0.3) is 10.4 Å². The van der Waals surface area contributed by atoms with E-state index in [9.17, 15) is 19.8 Å². The Morgan fingerprint density at radius 3 is 2.50 bits per heavy atom. The van der Waals surface area contributed by atoms with Gasteiger partial charge in [-0.2, -0.15) is 0 Å². The molecule has 32 heavy (non-hydrogen) atoms. The molecule has 1 aliphatic heterocycles. The molecule has 1 fully saturated rings. The van der Waals surface area contributed by atoms with Gasteiger partial charge >= 0.3 is 0 Å². The highest BCUT2D eigenvalue weighted by atomic mass is 32.1. The van der Waals surface area contributed by atoms with E-state index in [1.165, 1.54) is 4.90 Å². The van der Waals surface area contributed by atoms with E-state index in [2.05, 4.69) is 10.3 Å². The van der Waals surface area contributed by atoms with Gasteiger partial charge < -0.3 is 26.2 Å². The SMILES string of the molecule is Cc1ncsc1-c1ccc([C@H](CO)NC(=O)[C@H]2C[C@@H](O)CN2C(=O)[C@@H](N)C(C)(C)C)cc1. The predicted molar refractivity (Wildman–Crippen MR) is 124 cm³/mol. The largest absolute Gasteiger partial charge is 0.394 e. The number of amides is 2. The Hall–Kier alpha value is -2.33. The lowest BCUT2D eigenvalue weighted by Crippen LogP contribution is -2.55. The summed E-state index contributed by atoms with van der Waals surface area (Å²) >= 11 is 1.56. The maximum absolute atomic E-state index is 13.0. The van der Waals surface area contributed by atoms with Gasteiger partial charge in [-0.1, -0.05) is 45.0 Å². The molecule has 1 aromatic heterocycles. The molecule has 0 bridgehead atoms. The fourth-order valence-electron chi connectivity index (χ4n) is 3.80. The van der Waals surface area contributed by atoms with Crippen molar-refractivity contribution in [2.24, 2.45) is 11.1 Å². The Labute approximate surface area is 192 Å². The first-order valence-corrected chi connectivity index (χ1v) is 11.6. The van der Waals surface area contributed by atoms with Crippen molar-refractivity contribution in [1.29, 1.82) is 0 Å². The van der Waals surface area contributed by atoms with Gasteiger partial charge in [0, 0.05) is 13.0 Å². The van der Waals surface area contributed by atoms with Gasteiger partial charge in [-0.05, 0) is 23.5 Å². The molecule has 8 nitrogen and oxygen atoms in total. The lowest BCUT2D eigenvalue weighted by Gasteiger charge is -2.33. The van der Waals surface area contributed by atoms with Gasteiger partial charge in [0.1, 0.15) is 6.04 Å². The number of nitrogens with one attached hydrogen (secondary N) is 1. The summed E-state index contributed by atoms with van der Waals surface area (Å²) in [6, 6.07) is 5.32. The average Bonchev–Trinajstić information content (AvgIpc) is 3.35. The van der Waals surface area contributed by atoms with Crippen molar-refractivity contribution < 1.29 is 19.8 Å². The summed E-state index contributed by atoms with van der Waals surface area (Å²) in [7, 11) is 0. The van der Waals surface area contributed by atoms with E-state index in [-0.39, 0.29) is 25.5 Å². The number of rotatable bonds is 6. The zero-order valence-electron chi connectivity index (χ0n) is 18.9. The van der Waals surface area contributed by atoms with E-state index >= 15 is 0 Å². The number of aryl methyl sites for hydroxylation is 1. The molecule has 0 aliphatic carbocycles. The van der Waals surface area contributed by atoms with Crippen LogP contribution in [-0.4, -0.2) is 63.3 Å². The van der Waals surface area contributed by atoms with Gasteiger partial charge in [-0.15, -0.1) is 11.3 Å². The lowest BCUT2D eigenvalue weighted by atomic mass is 9.86. The quantitative estimate of drug-likeness (QED) is 0.518. The summed E-state index contributed by atoms with van der Waals surface area (Å²) in [6.45, 7) is 7.29. The van der Waals surface area contributed by atoms with E-state index in [0.29, 0.717) is 0 Å². The summed E-state index contributed by atoms with van der Waals surface area (Å²) in [5.74, 6) is -0.781. The van der Waals surface area contributed by atoms with Gasteiger partial charge in [0.05, 0.1) is 40.9 Å². The summed E-state index contributed by atoms with van der Waals surface area (Å²) in [6.07, 6.45) is -0.660. The van der Waals surface area contributed by atoms with Crippen LogP contribution in [0.2, 0.25) is 0 Å². The molecule has 1 aromatic carbocycles. The fraction of sp³-hybridized carbons (Fsp3) is 0.522. The van der Waals surface area contributed by atoms with Crippen LogP contribution in [0.1, 0.15) is 44.5 Å². The van der Waals surface area contributed by atoms with Crippen LogP contribution in [0.5, 0.6) is 0 Å². The number of aromatic nitrogens is 1. The third-order valence-electron chi connectivity index (χ3n) is 5.88. The number of carbonyl (C=O) groups is 2. The highest BCUT2D eigenvalue weighted by Crippen LogP contribution is 2.29. The molecule has 174 valence electrons. The minimum Gasteiger partial charge on any atom is -0.394 e. The molecular formula is C23H32N4O4S. The van der Waals surface area contributed by atoms with Gasteiger partial charge in [-0.3, -0.25) is 9.59 Å². The van der Waals surface area contributed by atoms with Crippen LogP contribution in [0.4, 0.5) is 0 Å². The van der Waals surface area contributed by atoms with Crippen LogP contribution >= 0.6 is 11.3 Å². The molecule has 9 heteroatoms. The van der Waals surface area contributed by atoms with Crippen molar-refractivity contribution in [2.75, 3.05) is 13.2 Å². The molecule has 2 heterocycles. The zero-order valence-corrected chi connectivity index (χ0v) is 19.7. The molecule has 4 atom stereocenters. The van der Waals surface area contributed by atoms with Gasteiger partial charge in [0.2, 0.25) is 11.8 Å². The Bertz CT molecular complexity index is 954. The molecule has 1 aliphatic rings. The topological polar surface area (TPSA) is 129 Å². The van der Waals surface area contributed by atoms with E-state index in [1.54, 1.807) is 16.8 Å². The molecule has 3 rings (SSSR count). The van der Waals surface area contributed by atoms with Crippen LogP contribution in [-0.2, 0) is 9.59 Å². The number of hydrogen-bond donors (Lipinski definition) is 4. The van der Waals surface area contributed by atoms with Crippen LogP contribution in [0.15, 0.2) is 29.8 Å². The number of thiazole rings is 1. The first-order valence-electron chi connectivity index (χ1n) is 10.7. The van der Waals surface area contributed by atoms with Crippen LogP contribution in [0.3, 0.4) is 0 Å². The molecule has 0 saturated carbocycles. The number of carbonyl (C=O) groups excluding carboxylic acids is 2. The first-order chi connectivity index (χ1) is 15.0. The summed E-state index contributed by atoms with van der Waals surface area (Å²) < 4.78 is 0. The zero-order chi connectivity index (χ0) is 23.6. The maximum atomic E-state index is 13.0. The highest BCUT2D eigenvalue weighted by Gasteiger charge is 2.43. The number of likely N-dealkylation sites (tertiary alicyclic amines) is 1. The summed E-state index contributed by atoms with van der Waals surface area (Å²) in [5.41, 5.74) is 10.2. The molecule has 2 aromatic rings. The number of benzene rings is 1. The maximum Gasteiger partial charge on any atom is 0.243 e. The molecule has 2 amide bonds. The molecule has 5 N–H and O–H groups in total. The number of nitrogens with zero attached hydrogens (tertiary/aromatic N) is 2. The number of hydrogen-bond acceptors (Lipinski definition) is 7.